The average Bonchev–Trinajstić information content (AvgIpc) is 2.52. The molecule has 0 aliphatic rings. The van der Waals surface area contributed by atoms with E-state index in [9.17, 15) is 9.90 Å². The van der Waals surface area contributed by atoms with Crippen molar-refractivity contribution in [2.75, 3.05) is 12.3 Å². The molecule has 2 aromatic rings. The number of carbonyl (C=O) groups is 1. The van der Waals surface area contributed by atoms with Gasteiger partial charge in [0.15, 0.2) is 0 Å². The number of hydrogen-bond acceptors (Lipinski definition) is 3. The molecule has 4 heteroatoms. The Kier molecular flexibility index (Phi) is 4.95. The van der Waals surface area contributed by atoms with Gasteiger partial charge in [0.1, 0.15) is 0 Å². The molecule has 0 radical (unpaired) electrons. The Morgan fingerprint density at radius 2 is 1.81 bits per heavy atom. The van der Waals surface area contributed by atoms with Gasteiger partial charge >= 0.3 is 0 Å². The maximum atomic E-state index is 12.3. The number of aliphatic hydroxyl groups excluding tert-OH is 1. The van der Waals surface area contributed by atoms with Gasteiger partial charge in [0.25, 0.3) is 0 Å². The molecule has 0 spiro atoms. The summed E-state index contributed by atoms with van der Waals surface area (Å²) in [5.74, 6) is -0.463. The topological polar surface area (TPSA) is 75.3 Å². The van der Waals surface area contributed by atoms with E-state index in [1.165, 1.54) is 0 Å². The van der Waals surface area contributed by atoms with Crippen LogP contribution >= 0.6 is 0 Å². The van der Waals surface area contributed by atoms with E-state index >= 15 is 0 Å². The van der Waals surface area contributed by atoms with Crippen LogP contribution in [-0.2, 0) is 4.79 Å². The van der Waals surface area contributed by atoms with Crippen LogP contribution in [0.15, 0.2) is 54.6 Å². The predicted molar refractivity (Wildman–Crippen MR) is 83.7 cm³/mol. The molecular weight excluding hydrogens is 264 g/mol. The fraction of sp³-hybridized carbons (Fsp3) is 0.235. The molecule has 0 saturated heterocycles. The van der Waals surface area contributed by atoms with Gasteiger partial charge in [-0.2, -0.15) is 0 Å². The summed E-state index contributed by atoms with van der Waals surface area (Å²) in [5.41, 5.74) is 8.12. The standard InChI is InChI=1S/C17H20N2O2/c1-12(14-8-5-9-15(18)10-14)17(21)19-16(11-20)13-6-3-2-4-7-13/h2-10,12,16,20H,11,18H2,1H3,(H,19,21)/t12?,16-/m1/s1. The molecule has 2 atom stereocenters. The Hall–Kier alpha value is -2.33. The summed E-state index contributed by atoms with van der Waals surface area (Å²) in [7, 11) is 0. The highest BCUT2D eigenvalue weighted by molar-refractivity contribution is 5.83. The average molecular weight is 284 g/mol. The number of nitrogens with one attached hydrogen (secondary N) is 1. The monoisotopic (exact) mass is 284 g/mol. The van der Waals surface area contributed by atoms with Crippen molar-refractivity contribution in [2.45, 2.75) is 18.9 Å². The lowest BCUT2D eigenvalue weighted by Crippen LogP contribution is -2.33. The first-order valence-corrected chi connectivity index (χ1v) is 6.93. The largest absolute Gasteiger partial charge is 0.399 e. The molecule has 0 heterocycles. The molecule has 0 aromatic heterocycles. The van der Waals surface area contributed by atoms with Crippen molar-refractivity contribution in [1.29, 1.82) is 0 Å². The van der Waals surface area contributed by atoms with Crippen molar-refractivity contribution in [3.63, 3.8) is 0 Å². The molecule has 1 unspecified atom stereocenters. The van der Waals surface area contributed by atoms with Crippen LogP contribution in [-0.4, -0.2) is 17.6 Å². The minimum Gasteiger partial charge on any atom is -0.399 e. The Morgan fingerprint density at radius 3 is 2.43 bits per heavy atom. The van der Waals surface area contributed by atoms with E-state index in [-0.39, 0.29) is 18.4 Å². The number of anilines is 1. The Balaban J connectivity index is 2.09. The maximum absolute atomic E-state index is 12.3. The van der Waals surface area contributed by atoms with E-state index in [4.69, 9.17) is 5.73 Å². The molecule has 0 fully saturated rings. The van der Waals surface area contributed by atoms with E-state index in [1.807, 2.05) is 49.4 Å². The summed E-state index contributed by atoms with van der Waals surface area (Å²) in [4.78, 5) is 12.3. The predicted octanol–water partition coefficient (Wildman–Crippen LogP) is 2.22. The van der Waals surface area contributed by atoms with Crippen LogP contribution in [0.2, 0.25) is 0 Å². The van der Waals surface area contributed by atoms with Crippen LogP contribution in [0.25, 0.3) is 0 Å². The number of rotatable bonds is 5. The Morgan fingerprint density at radius 1 is 1.14 bits per heavy atom. The molecule has 0 aliphatic heterocycles. The third kappa shape index (κ3) is 3.83. The summed E-state index contributed by atoms with van der Waals surface area (Å²) in [6.45, 7) is 1.68. The van der Waals surface area contributed by atoms with Gasteiger partial charge < -0.3 is 16.2 Å². The zero-order chi connectivity index (χ0) is 15.2. The van der Waals surface area contributed by atoms with Gasteiger partial charge in [0.2, 0.25) is 5.91 Å². The second-order valence-corrected chi connectivity index (χ2v) is 5.05. The van der Waals surface area contributed by atoms with Gasteiger partial charge in [-0.1, -0.05) is 42.5 Å². The van der Waals surface area contributed by atoms with Crippen molar-refractivity contribution in [3.8, 4) is 0 Å². The lowest BCUT2D eigenvalue weighted by Gasteiger charge is -2.20. The van der Waals surface area contributed by atoms with Crippen molar-refractivity contribution < 1.29 is 9.90 Å². The lowest BCUT2D eigenvalue weighted by atomic mass is 9.98. The van der Waals surface area contributed by atoms with Crippen molar-refractivity contribution >= 4 is 11.6 Å². The third-order valence-corrected chi connectivity index (χ3v) is 3.50. The zero-order valence-electron chi connectivity index (χ0n) is 12.0. The number of carbonyl (C=O) groups excluding carboxylic acids is 1. The first-order chi connectivity index (χ1) is 10.1. The van der Waals surface area contributed by atoms with Crippen LogP contribution in [0.4, 0.5) is 5.69 Å². The quantitative estimate of drug-likeness (QED) is 0.737. The summed E-state index contributed by atoms with van der Waals surface area (Å²) in [6, 6.07) is 16.3. The number of hydrogen-bond donors (Lipinski definition) is 3. The molecule has 0 aliphatic carbocycles. The van der Waals surface area contributed by atoms with Crippen molar-refractivity contribution in [1.82, 2.24) is 5.32 Å². The SMILES string of the molecule is CC(C(=O)N[C@H](CO)c1ccccc1)c1cccc(N)c1. The van der Waals surface area contributed by atoms with Crippen LogP contribution in [0.3, 0.4) is 0 Å². The van der Waals surface area contributed by atoms with Crippen LogP contribution in [0, 0.1) is 0 Å². The molecule has 4 nitrogen and oxygen atoms in total. The van der Waals surface area contributed by atoms with Gasteiger partial charge in [-0.15, -0.1) is 0 Å². The van der Waals surface area contributed by atoms with E-state index in [0.717, 1.165) is 11.1 Å². The number of aliphatic hydroxyl groups is 1. The fourth-order valence-corrected chi connectivity index (χ4v) is 2.20. The van der Waals surface area contributed by atoms with E-state index < -0.39 is 6.04 Å². The normalized spacial score (nSPS) is 13.4. The summed E-state index contributed by atoms with van der Waals surface area (Å²) < 4.78 is 0. The molecule has 0 saturated carbocycles. The molecule has 1 amide bonds. The van der Waals surface area contributed by atoms with E-state index in [0.29, 0.717) is 5.69 Å². The van der Waals surface area contributed by atoms with E-state index in [2.05, 4.69) is 5.32 Å². The molecular formula is C17H20N2O2. The zero-order valence-corrected chi connectivity index (χ0v) is 12.0. The van der Waals surface area contributed by atoms with Gasteiger partial charge in [0.05, 0.1) is 18.6 Å². The first kappa shape index (κ1) is 15.1. The van der Waals surface area contributed by atoms with Crippen molar-refractivity contribution in [3.05, 3.63) is 65.7 Å². The smallest absolute Gasteiger partial charge is 0.227 e. The number of amides is 1. The van der Waals surface area contributed by atoms with Gasteiger partial charge in [-0.3, -0.25) is 4.79 Å². The number of benzene rings is 2. The van der Waals surface area contributed by atoms with Crippen LogP contribution < -0.4 is 11.1 Å². The van der Waals surface area contributed by atoms with Crippen molar-refractivity contribution in [2.24, 2.45) is 0 Å². The minimum absolute atomic E-state index is 0.136. The highest BCUT2D eigenvalue weighted by Gasteiger charge is 2.19. The minimum atomic E-state index is -0.401. The molecule has 2 rings (SSSR count). The lowest BCUT2D eigenvalue weighted by molar-refractivity contribution is -0.123. The molecule has 4 N–H and O–H groups in total. The maximum Gasteiger partial charge on any atom is 0.227 e. The molecule has 0 bridgehead atoms. The first-order valence-electron chi connectivity index (χ1n) is 6.93. The summed E-state index contributed by atoms with van der Waals surface area (Å²) >= 11 is 0. The fourth-order valence-electron chi connectivity index (χ4n) is 2.20. The van der Waals surface area contributed by atoms with E-state index in [1.54, 1.807) is 12.1 Å². The van der Waals surface area contributed by atoms with Gasteiger partial charge in [0, 0.05) is 5.69 Å². The van der Waals surface area contributed by atoms with Crippen LogP contribution in [0.1, 0.15) is 30.0 Å². The van der Waals surface area contributed by atoms with Gasteiger partial charge in [-0.05, 0) is 30.2 Å². The Labute approximate surface area is 124 Å². The van der Waals surface area contributed by atoms with Gasteiger partial charge in [-0.25, -0.2) is 0 Å². The second-order valence-electron chi connectivity index (χ2n) is 5.05. The number of nitrogen functional groups attached to an aromatic ring is 1. The Bertz CT molecular complexity index is 599. The highest BCUT2D eigenvalue weighted by atomic mass is 16.3. The summed E-state index contributed by atoms with van der Waals surface area (Å²) in [5, 5.41) is 12.4. The summed E-state index contributed by atoms with van der Waals surface area (Å²) in [6.07, 6.45) is 0. The van der Waals surface area contributed by atoms with Crippen LogP contribution in [0.5, 0.6) is 0 Å². The molecule has 2 aromatic carbocycles. The third-order valence-electron chi connectivity index (χ3n) is 3.50. The molecule has 110 valence electrons. The highest BCUT2D eigenvalue weighted by Crippen LogP contribution is 2.20. The number of nitrogens with two attached hydrogens (primary N) is 1. The second kappa shape index (κ2) is 6.90. The molecule has 21 heavy (non-hydrogen) atoms.